The van der Waals surface area contributed by atoms with Gasteiger partial charge in [0.05, 0.1) is 12.1 Å². The molecular weight excluding hydrogens is 212 g/mol. The molecular formula is C13H20N4. The summed E-state index contributed by atoms with van der Waals surface area (Å²) in [6, 6.07) is 8.11. The van der Waals surface area contributed by atoms with E-state index in [1.165, 1.54) is 0 Å². The number of aromatic nitrogens is 2. The molecule has 0 aliphatic heterocycles. The summed E-state index contributed by atoms with van der Waals surface area (Å²) in [5.74, 6) is 0.625. The smallest absolute Gasteiger partial charge is 0.153 e. The minimum Gasteiger partial charge on any atom is -0.382 e. The Morgan fingerprint density at radius 3 is 2.65 bits per heavy atom. The normalized spacial score (nSPS) is 11.5. The summed E-state index contributed by atoms with van der Waals surface area (Å²) >= 11 is 0. The van der Waals surface area contributed by atoms with Crippen molar-refractivity contribution in [3.05, 3.63) is 24.3 Å². The van der Waals surface area contributed by atoms with Crippen LogP contribution in [0.5, 0.6) is 0 Å². The molecule has 0 aliphatic rings. The third kappa shape index (κ3) is 2.42. The molecule has 0 spiro atoms. The fraction of sp³-hybridized carbons (Fsp3) is 0.462. The minimum atomic E-state index is 0.625. The van der Waals surface area contributed by atoms with Gasteiger partial charge in [0.25, 0.3) is 0 Å². The van der Waals surface area contributed by atoms with E-state index >= 15 is 0 Å². The predicted molar refractivity (Wildman–Crippen MR) is 71.9 cm³/mol. The summed E-state index contributed by atoms with van der Waals surface area (Å²) < 4.78 is 2.00. The molecule has 4 nitrogen and oxygen atoms in total. The standard InChI is InChI=1S/C13H20N4/c1-3-16(4-2)9-10-17-12-8-6-5-7-11(12)13(14)15-17/h5-8H,3-4,9-10H2,1-2H3,(H2,14,15). The lowest BCUT2D eigenvalue weighted by Gasteiger charge is -2.17. The molecule has 0 fully saturated rings. The molecule has 0 atom stereocenters. The molecule has 0 bridgehead atoms. The summed E-state index contributed by atoms with van der Waals surface area (Å²) in [6.45, 7) is 8.41. The fourth-order valence-corrected chi connectivity index (χ4v) is 2.10. The average molecular weight is 232 g/mol. The van der Waals surface area contributed by atoms with Gasteiger partial charge in [-0.3, -0.25) is 4.68 Å². The van der Waals surface area contributed by atoms with E-state index in [-0.39, 0.29) is 0 Å². The molecule has 92 valence electrons. The zero-order valence-electron chi connectivity index (χ0n) is 10.6. The number of rotatable bonds is 5. The maximum Gasteiger partial charge on any atom is 0.153 e. The minimum absolute atomic E-state index is 0.625. The molecule has 17 heavy (non-hydrogen) atoms. The van der Waals surface area contributed by atoms with E-state index < -0.39 is 0 Å². The number of likely N-dealkylation sites (N-methyl/N-ethyl adjacent to an activating group) is 1. The Morgan fingerprint density at radius 1 is 1.24 bits per heavy atom. The van der Waals surface area contributed by atoms with Crippen molar-refractivity contribution < 1.29 is 0 Å². The molecule has 0 unspecified atom stereocenters. The lowest BCUT2D eigenvalue weighted by atomic mass is 10.2. The molecule has 0 aliphatic carbocycles. The van der Waals surface area contributed by atoms with E-state index in [0.717, 1.165) is 37.1 Å². The summed E-state index contributed by atoms with van der Waals surface area (Å²) in [5.41, 5.74) is 7.03. The molecule has 0 saturated heterocycles. The van der Waals surface area contributed by atoms with Gasteiger partial charge in [-0.1, -0.05) is 26.0 Å². The van der Waals surface area contributed by atoms with Gasteiger partial charge in [0.2, 0.25) is 0 Å². The first-order chi connectivity index (χ1) is 8.26. The van der Waals surface area contributed by atoms with E-state index in [4.69, 9.17) is 5.73 Å². The van der Waals surface area contributed by atoms with Crippen LogP contribution in [0.2, 0.25) is 0 Å². The van der Waals surface area contributed by atoms with Gasteiger partial charge in [-0.05, 0) is 25.2 Å². The van der Waals surface area contributed by atoms with Crippen LogP contribution in [0.3, 0.4) is 0 Å². The van der Waals surface area contributed by atoms with Gasteiger partial charge in [0.15, 0.2) is 5.82 Å². The van der Waals surface area contributed by atoms with E-state index in [1.54, 1.807) is 0 Å². The van der Waals surface area contributed by atoms with Gasteiger partial charge in [-0.25, -0.2) is 0 Å². The van der Waals surface area contributed by atoms with Gasteiger partial charge in [-0.15, -0.1) is 0 Å². The lowest BCUT2D eigenvalue weighted by Crippen LogP contribution is -2.27. The van der Waals surface area contributed by atoms with Crippen LogP contribution in [0.1, 0.15) is 13.8 Å². The quantitative estimate of drug-likeness (QED) is 0.857. The van der Waals surface area contributed by atoms with Crippen LogP contribution in [0.25, 0.3) is 10.9 Å². The summed E-state index contributed by atoms with van der Waals surface area (Å²) in [6.07, 6.45) is 0. The lowest BCUT2D eigenvalue weighted by molar-refractivity contribution is 0.287. The van der Waals surface area contributed by atoms with Gasteiger partial charge in [0.1, 0.15) is 0 Å². The Hall–Kier alpha value is -1.55. The second-order valence-electron chi connectivity index (χ2n) is 4.15. The number of anilines is 1. The fourth-order valence-electron chi connectivity index (χ4n) is 2.10. The maximum absolute atomic E-state index is 5.90. The van der Waals surface area contributed by atoms with Gasteiger partial charge < -0.3 is 10.6 Å². The Labute approximate surface area is 102 Å². The SMILES string of the molecule is CCN(CC)CCn1nc(N)c2ccccc21. The van der Waals surface area contributed by atoms with Crippen molar-refractivity contribution in [2.75, 3.05) is 25.4 Å². The van der Waals surface area contributed by atoms with E-state index in [2.05, 4.69) is 29.9 Å². The number of benzene rings is 1. The van der Waals surface area contributed by atoms with Crippen molar-refractivity contribution in [2.45, 2.75) is 20.4 Å². The van der Waals surface area contributed by atoms with E-state index in [0.29, 0.717) is 5.82 Å². The topological polar surface area (TPSA) is 47.1 Å². The average Bonchev–Trinajstić information content (AvgIpc) is 2.69. The summed E-state index contributed by atoms with van der Waals surface area (Å²) in [5, 5.41) is 5.45. The highest BCUT2D eigenvalue weighted by Gasteiger charge is 2.07. The van der Waals surface area contributed by atoms with Crippen molar-refractivity contribution in [2.24, 2.45) is 0 Å². The van der Waals surface area contributed by atoms with Crippen molar-refractivity contribution >= 4 is 16.7 Å². The molecule has 2 N–H and O–H groups in total. The number of fused-ring (bicyclic) bond motifs is 1. The highest BCUT2D eigenvalue weighted by Crippen LogP contribution is 2.19. The van der Waals surface area contributed by atoms with E-state index in [9.17, 15) is 0 Å². The van der Waals surface area contributed by atoms with Crippen LogP contribution in [-0.4, -0.2) is 34.3 Å². The van der Waals surface area contributed by atoms with Crippen molar-refractivity contribution in [3.63, 3.8) is 0 Å². The first-order valence-electron chi connectivity index (χ1n) is 6.19. The molecule has 0 amide bonds. The molecule has 1 aromatic carbocycles. The summed E-state index contributed by atoms with van der Waals surface area (Å²) in [4.78, 5) is 2.38. The van der Waals surface area contributed by atoms with Crippen LogP contribution < -0.4 is 5.73 Å². The van der Waals surface area contributed by atoms with Gasteiger partial charge in [-0.2, -0.15) is 5.10 Å². The molecule has 1 aromatic heterocycles. The number of nitrogens with two attached hydrogens (primary N) is 1. The van der Waals surface area contributed by atoms with Gasteiger partial charge >= 0.3 is 0 Å². The van der Waals surface area contributed by atoms with Crippen LogP contribution in [-0.2, 0) is 6.54 Å². The van der Waals surface area contributed by atoms with Crippen molar-refractivity contribution in [3.8, 4) is 0 Å². The van der Waals surface area contributed by atoms with Crippen molar-refractivity contribution in [1.29, 1.82) is 0 Å². The molecule has 0 saturated carbocycles. The first kappa shape index (κ1) is 11.9. The zero-order valence-corrected chi connectivity index (χ0v) is 10.6. The Kier molecular flexibility index (Phi) is 3.64. The third-order valence-corrected chi connectivity index (χ3v) is 3.21. The molecule has 0 radical (unpaired) electrons. The highest BCUT2D eigenvalue weighted by atomic mass is 15.3. The third-order valence-electron chi connectivity index (χ3n) is 3.21. The van der Waals surface area contributed by atoms with E-state index in [1.807, 2.05) is 22.9 Å². The Bertz CT molecular complexity index is 485. The molecule has 1 heterocycles. The van der Waals surface area contributed by atoms with Crippen LogP contribution >= 0.6 is 0 Å². The number of hydrogen-bond donors (Lipinski definition) is 1. The number of para-hydroxylation sites is 1. The Morgan fingerprint density at radius 2 is 1.94 bits per heavy atom. The molecule has 4 heteroatoms. The first-order valence-corrected chi connectivity index (χ1v) is 6.19. The number of hydrogen-bond acceptors (Lipinski definition) is 3. The number of nitrogen functional groups attached to an aromatic ring is 1. The Balaban J connectivity index is 2.19. The predicted octanol–water partition coefficient (Wildman–Crippen LogP) is 1.96. The molecule has 2 aromatic rings. The maximum atomic E-state index is 5.90. The number of nitrogens with zero attached hydrogens (tertiary/aromatic N) is 3. The molecule has 2 rings (SSSR count). The monoisotopic (exact) mass is 232 g/mol. The van der Waals surface area contributed by atoms with Crippen molar-refractivity contribution in [1.82, 2.24) is 14.7 Å². The second kappa shape index (κ2) is 5.19. The second-order valence-corrected chi connectivity index (χ2v) is 4.15. The largest absolute Gasteiger partial charge is 0.382 e. The van der Waals surface area contributed by atoms with Crippen LogP contribution in [0.15, 0.2) is 24.3 Å². The highest BCUT2D eigenvalue weighted by molar-refractivity contribution is 5.88. The van der Waals surface area contributed by atoms with Crippen LogP contribution in [0, 0.1) is 0 Å². The van der Waals surface area contributed by atoms with Crippen LogP contribution in [0.4, 0.5) is 5.82 Å². The zero-order chi connectivity index (χ0) is 12.3. The summed E-state index contributed by atoms with van der Waals surface area (Å²) in [7, 11) is 0. The van der Waals surface area contributed by atoms with Gasteiger partial charge in [0, 0.05) is 11.9 Å².